The van der Waals surface area contributed by atoms with E-state index >= 15 is 0 Å². The highest BCUT2D eigenvalue weighted by Gasteiger charge is 2.21. The average molecular weight is 327 g/mol. The molecule has 0 aliphatic carbocycles. The Morgan fingerprint density at radius 3 is 2.22 bits per heavy atom. The van der Waals surface area contributed by atoms with Crippen LogP contribution in [0.2, 0.25) is 0 Å². The number of carbonyl (C=O) groups is 1. The maximum absolute atomic E-state index is 12.2. The summed E-state index contributed by atoms with van der Waals surface area (Å²) < 4.78 is 33.2. The standard InChI is InChI=1S/C17H13NO4S/c19-17(13-7-2-1-3-8-13)18-15-11-10-12-6-4-5-9-14(12)16(15)23(20,21)22/h1-11H,(H,18,19)(H,20,21,22). The lowest BCUT2D eigenvalue weighted by Crippen LogP contribution is -2.14. The molecule has 0 aliphatic rings. The van der Waals surface area contributed by atoms with Gasteiger partial charge in [-0.3, -0.25) is 9.35 Å². The summed E-state index contributed by atoms with van der Waals surface area (Å²) in [6.45, 7) is 0. The summed E-state index contributed by atoms with van der Waals surface area (Å²) in [6, 6.07) is 18.3. The van der Waals surface area contributed by atoms with E-state index < -0.39 is 16.0 Å². The Labute approximate surface area is 133 Å². The van der Waals surface area contributed by atoms with Gasteiger partial charge in [-0.05, 0) is 23.6 Å². The number of hydrogen-bond donors (Lipinski definition) is 2. The second-order valence-electron chi connectivity index (χ2n) is 4.96. The molecule has 0 atom stereocenters. The minimum absolute atomic E-state index is 0.0417. The van der Waals surface area contributed by atoms with Gasteiger partial charge in [0.15, 0.2) is 0 Å². The fourth-order valence-electron chi connectivity index (χ4n) is 2.40. The van der Waals surface area contributed by atoms with Gasteiger partial charge in [0.2, 0.25) is 0 Å². The maximum Gasteiger partial charge on any atom is 0.297 e. The first-order valence-corrected chi connectivity index (χ1v) is 8.26. The van der Waals surface area contributed by atoms with Gasteiger partial charge in [-0.25, -0.2) is 0 Å². The van der Waals surface area contributed by atoms with E-state index in [1.54, 1.807) is 60.7 Å². The van der Waals surface area contributed by atoms with E-state index in [2.05, 4.69) is 5.32 Å². The summed E-state index contributed by atoms with van der Waals surface area (Å²) in [5, 5.41) is 3.55. The van der Waals surface area contributed by atoms with Crippen LogP contribution in [0.1, 0.15) is 10.4 Å². The fraction of sp³-hybridized carbons (Fsp3) is 0. The van der Waals surface area contributed by atoms with Crippen molar-refractivity contribution in [2.75, 3.05) is 5.32 Å². The van der Waals surface area contributed by atoms with Crippen molar-refractivity contribution in [3.05, 3.63) is 72.3 Å². The normalized spacial score (nSPS) is 11.3. The number of benzene rings is 3. The van der Waals surface area contributed by atoms with Crippen LogP contribution in [0.4, 0.5) is 5.69 Å². The Hall–Kier alpha value is -2.70. The molecule has 3 rings (SSSR count). The van der Waals surface area contributed by atoms with Gasteiger partial charge in [0.05, 0.1) is 5.69 Å². The van der Waals surface area contributed by atoms with Gasteiger partial charge in [0.1, 0.15) is 4.90 Å². The highest BCUT2D eigenvalue weighted by Crippen LogP contribution is 2.30. The number of rotatable bonds is 3. The first-order valence-electron chi connectivity index (χ1n) is 6.82. The molecule has 0 saturated heterocycles. The molecule has 3 aromatic carbocycles. The summed E-state index contributed by atoms with van der Waals surface area (Å²) in [5.41, 5.74) is 0.432. The average Bonchev–Trinajstić information content (AvgIpc) is 2.54. The zero-order valence-corrected chi connectivity index (χ0v) is 12.7. The van der Waals surface area contributed by atoms with Crippen molar-refractivity contribution in [3.8, 4) is 0 Å². The van der Waals surface area contributed by atoms with Crippen molar-refractivity contribution in [1.29, 1.82) is 0 Å². The van der Waals surface area contributed by atoms with E-state index in [1.165, 1.54) is 6.07 Å². The molecular weight excluding hydrogens is 314 g/mol. The van der Waals surface area contributed by atoms with Crippen molar-refractivity contribution >= 4 is 32.5 Å². The van der Waals surface area contributed by atoms with E-state index in [-0.39, 0.29) is 10.6 Å². The predicted molar refractivity (Wildman–Crippen MR) is 88.2 cm³/mol. The molecule has 0 saturated carbocycles. The second-order valence-corrected chi connectivity index (χ2v) is 6.32. The molecule has 23 heavy (non-hydrogen) atoms. The number of amides is 1. The molecule has 0 spiro atoms. The molecule has 0 radical (unpaired) electrons. The summed E-state index contributed by atoms with van der Waals surface area (Å²) in [5.74, 6) is -0.453. The third-order valence-corrected chi connectivity index (χ3v) is 4.38. The lowest BCUT2D eigenvalue weighted by atomic mass is 10.1. The zero-order valence-electron chi connectivity index (χ0n) is 11.9. The molecule has 5 nitrogen and oxygen atoms in total. The minimum Gasteiger partial charge on any atom is -0.321 e. The second kappa shape index (κ2) is 5.83. The van der Waals surface area contributed by atoms with Gasteiger partial charge in [-0.2, -0.15) is 8.42 Å². The largest absolute Gasteiger partial charge is 0.321 e. The molecular formula is C17H13NO4S. The van der Waals surface area contributed by atoms with Crippen LogP contribution in [-0.4, -0.2) is 18.9 Å². The van der Waals surface area contributed by atoms with Crippen molar-refractivity contribution < 1.29 is 17.8 Å². The van der Waals surface area contributed by atoms with Crippen LogP contribution in [0.3, 0.4) is 0 Å². The summed E-state index contributed by atoms with van der Waals surface area (Å²) in [4.78, 5) is 11.9. The van der Waals surface area contributed by atoms with Crippen LogP contribution in [0.5, 0.6) is 0 Å². The van der Waals surface area contributed by atoms with Gasteiger partial charge >= 0.3 is 0 Å². The molecule has 0 aromatic heterocycles. The molecule has 6 heteroatoms. The van der Waals surface area contributed by atoms with Crippen LogP contribution >= 0.6 is 0 Å². The van der Waals surface area contributed by atoms with Crippen molar-refractivity contribution in [1.82, 2.24) is 0 Å². The van der Waals surface area contributed by atoms with E-state index in [9.17, 15) is 17.8 Å². The number of carbonyl (C=O) groups excluding carboxylic acids is 1. The SMILES string of the molecule is O=C(Nc1ccc2ccccc2c1S(=O)(=O)O)c1ccccc1. The van der Waals surface area contributed by atoms with Crippen LogP contribution in [-0.2, 0) is 10.1 Å². The van der Waals surface area contributed by atoms with Crippen molar-refractivity contribution in [2.24, 2.45) is 0 Å². The first-order chi connectivity index (χ1) is 11.0. The highest BCUT2D eigenvalue weighted by atomic mass is 32.2. The molecule has 0 bridgehead atoms. The molecule has 1 amide bonds. The summed E-state index contributed by atoms with van der Waals surface area (Å²) in [6.07, 6.45) is 0. The smallest absolute Gasteiger partial charge is 0.297 e. The third-order valence-electron chi connectivity index (χ3n) is 3.42. The van der Waals surface area contributed by atoms with Crippen molar-refractivity contribution in [3.63, 3.8) is 0 Å². The molecule has 0 unspecified atom stereocenters. The lowest BCUT2D eigenvalue weighted by molar-refractivity contribution is 0.102. The number of nitrogens with one attached hydrogen (secondary N) is 1. The molecule has 2 N–H and O–H groups in total. The zero-order chi connectivity index (χ0) is 16.4. The van der Waals surface area contributed by atoms with Crippen molar-refractivity contribution in [2.45, 2.75) is 4.90 Å². The highest BCUT2D eigenvalue weighted by molar-refractivity contribution is 7.86. The Morgan fingerprint density at radius 2 is 1.52 bits per heavy atom. The monoisotopic (exact) mass is 327 g/mol. The molecule has 116 valence electrons. The molecule has 0 fully saturated rings. The predicted octanol–water partition coefficient (Wildman–Crippen LogP) is 3.34. The number of fused-ring (bicyclic) bond motifs is 1. The molecule has 0 aliphatic heterocycles. The Morgan fingerprint density at radius 1 is 0.870 bits per heavy atom. The van der Waals surface area contributed by atoms with Gasteiger partial charge in [-0.15, -0.1) is 0 Å². The van der Waals surface area contributed by atoms with Crippen LogP contribution in [0.25, 0.3) is 10.8 Å². The van der Waals surface area contributed by atoms with E-state index in [1.807, 2.05) is 0 Å². The van der Waals surface area contributed by atoms with Gasteiger partial charge < -0.3 is 5.32 Å². The van der Waals surface area contributed by atoms with E-state index in [0.29, 0.717) is 16.3 Å². The van der Waals surface area contributed by atoms with Gasteiger partial charge in [0.25, 0.3) is 16.0 Å². The summed E-state index contributed by atoms with van der Waals surface area (Å²) in [7, 11) is -4.50. The van der Waals surface area contributed by atoms with E-state index in [0.717, 1.165) is 0 Å². The Balaban J connectivity index is 2.13. The van der Waals surface area contributed by atoms with Crippen LogP contribution < -0.4 is 5.32 Å². The third kappa shape index (κ3) is 3.08. The quantitative estimate of drug-likeness (QED) is 0.723. The maximum atomic E-state index is 12.2. The van der Waals surface area contributed by atoms with Crippen LogP contribution in [0, 0.1) is 0 Å². The first kappa shape index (κ1) is 15.2. The fourth-order valence-corrected chi connectivity index (χ4v) is 3.26. The van der Waals surface area contributed by atoms with Gasteiger partial charge in [0, 0.05) is 10.9 Å². The van der Waals surface area contributed by atoms with Gasteiger partial charge in [-0.1, -0.05) is 48.5 Å². The minimum atomic E-state index is -4.50. The summed E-state index contributed by atoms with van der Waals surface area (Å²) >= 11 is 0. The molecule has 3 aromatic rings. The Kier molecular flexibility index (Phi) is 3.85. The molecule has 0 heterocycles. The van der Waals surface area contributed by atoms with Crippen LogP contribution in [0.15, 0.2) is 71.6 Å². The topological polar surface area (TPSA) is 83.5 Å². The Bertz CT molecular complexity index is 982. The van der Waals surface area contributed by atoms with E-state index in [4.69, 9.17) is 0 Å². The number of hydrogen-bond acceptors (Lipinski definition) is 3. The lowest BCUT2D eigenvalue weighted by Gasteiger charge is -2.12. The number of anilines is 1.